The highest BCUT2D eigenvalue weighted by atomic mass is 16.5. The van der Waals surface area contributed by atoms with Crippen LogP contribution in [0, 0.1) is 17.2 Å². The van der Waals surface area contributed by atoms with Gasteiger partial charge < -0.3 is 19.7 Å². The van der Waals surface area contributed by atoms with E-state index in [1.165, 1.54) is 6.20 Å². The van der Waals surface area contributed by atoms with E-state index in [4.69, 9.17) is 14.7 Å². The summed E-state index contributed by atoms with van der Waals surface area (Å²) in [7, 11) is 1.56. The third-order valence-electron chi connectivity index (χ3n) is 4.71. The number of hydrogen-bond donors (Lipinski definition) is 1. The summed E-state index contributed by atoms with van der Waals surface area (Å²) in [5.41, 5.74) is 0.350. The molecule has 1 aromatic heterocycles. The van der Waals surface area contributed by atoms with Gasteiger partial charge in [-0.2, -0.15) is 5.26 Å². The van der Waals surface area contributed by atoms with E-state index in [2.05, 4.69) is 26.3 Å². The van der Waals surface area contributed by atoms with Gasteiger partial charge in [0.1, 0.15) is 6.07 Å². The first-order valence-electron chi connectivity index (χ1n) is 9.20. The molecule has 0 spiro atoms. The summed E-state index contributed by atoms with van der Waals surface area (Å²) in [5, 5.41) is 12.1. The number of nitrogens with zero attached hydrogens (tertiary/aromatic N) is 4. The maximum absolute atomic E-state index is 12.1. The number of rotatable bonds is 7. The number of carbonyl (C=O) groups is 1. The van der Waals surface area contributed by atoms with Crippen molar-refractivity contribution in [2.24, 2.45) is 5.92 Å². The minimum atomic E-state index is -0.158. The van der Waals surface area contributed by atoms with Gasteiger partial charge in [0.25, 0.3) is 5.91 Å². The molecule has 0 atom stereocenters. The van der Waals surface area contributed by atoms with Crippen molar-refractivity contribution in [2.45, 2.75) is 12.8 Å². The van der Waals surface area contributed by atoms with Crippen molar-refractivity contribution < 1.29 is 14.3 Å². The molecule has 1 aliphatic rings. The summed E-state index contributed by atoms with van der Waals surface area (Å²) < 4.78 is 10.7. The number of carbonyl (C=O) groups excluding carboxylic acids is 1. The number of nitrogens with one attached hydrogen (secondary N) is 1. The van der Waals surface area contributed by atoms with Gasteiger partial charge in [0.05, 0.1) is 7.11 Å². The standard InChI is InChI=1S/C20H23N5O3/c1-27-17-4-2-3-5-18(17)28-14-19(26)24-13-15-6-10-25(11-7-15)20-16(12-21)22-8-9-23-20/h2-5,8-9,15H,6-7,10-11,13-14H2,1H3,(H,24,26). The molecule has 0 aliphatic carbocycles. The topological polar surface area (TPSA) is 100 Å². The Bertz CT molecular complexity index is 844. The van der Waals surface area contributed by atoms with Crippen LogP contribution >= 0.6 is 0 Å². The molecule has 8 heteroatoms. The van der Waals surface area contributed by atoms with Gasteiger partial charge in [-0.25, -0.2) is 9.97 Å². The van der Waals surface area contributed by atoms with Crippen LogP contribution in [-0.4, -0.2) is 49.2 Å². The fraction of sp³-hybridized carbons (Fsp3) is 0.400. The average molecular weight is 381 g/mol. The van der Waals surface area contributed by atoms with Gasteiger partial charge in [-0.05, 0) is 30.9 Å². The van der Waals surface area contributed by atoms with E-state index in [9.17, 15) is 4.79 Å². The lowest BCUT2D eigenvalue weighted by molar-refractivity contribution is -0.123. The summed E-state index contributed by atoms with van der Waals surface area (Å²) in [5.74, 6) is 2.01. The van der Waals surface area contributed by atoms with Crippen LogP contribution in [0.25, 0.3) is 0 Å². The Kier molecular flexibility index (Phi) is 6.63. The monoisotopic (exact) mass is 381 g/mol. The van der Waals surface area contributed by atoms with Crippen LogP contribution in [0.1, 0.15) is 18.5 Å². The molecular weight excluding hydrogens is 358 g/mol. The Hall–Kier alpha value is -3.34. The van der Waals surface area contributed by atoms with Crippen molar-refractivity contribution in [3.8, 4) is 17.6 Å². The van der Waals surface area contributed by atoms with E-state index in [1.807, 2.05) is 12.1 Å². The van der Waals surface area contributed by atoms with Crippen molar-refractivity contribution >= 4 is 11.7 Å². The van der Waals surface area contributed by atoms with Gasteiger partial charge in [-0.15, -0.1) is 0 Å². The second-order valence-corrected chi connectivity index (χ2v) is 6.51. The molecule has 146 valence electrons. The first-order valence-corrected chi connectivity index (χ1v) is 9.20. The van der Waals surface area contributed by atoms with Crippen LogP contribution in [0.5, 0.6) is 11.5 Å². The van der Waals surface area contributed by atoms with Gasteiger partial charge in [0, 0.05) is 32.0 Å². The predicted octanol–water partition coefficient (Wildman–Crippen LogP) is 1.77. The lowest BCUT2D eigenvalue weighted by Crippen LogP contribution is -2.40. The van der Waals surface area contributed by atoms with Gasteiger partial charge in [-0.3, -0.25) is 4.79 Å². The van der Waals surface area contributed by atoms with Crippen LogP contribution in [0.2, 0.25) is 0 Å². The number of aromatic nitrogens is 2. The number of para-hydroxylation sites is 2. The Morgan fingerprint density at radius 3 is 2.68 bits per heavy atom. The first-order chi connectivity index (χ1) is 13.7. The van der Waals surface area contributed by atoms with Crippen molar-refractivity contribution in [1.82, 2.24) is 15.3 Å². The van der Waals surface area contributed by atoms with Gasteiger partial charge in [0.15, 0.2) is 29.6 Å². The van der Waals surface area contributed by atoms with E-state index in [0.29, 0.717) is 35.5 Å². The normalized spacial score (nSPS) is 14.2. The molecule has 0 unspecified atom stereocenters. The molecule has 0 radical (unpaired) electrons. The Morgan fingerprint density at radius 2 is 1.96 bits per heavy atom. The number of methoxy groups -OCH3 is 1. The smallest absolute Gasteiger partial charge is 0.257 e. The van der Waals surface area contributed by atoms with Crippen molar-refractivity contribution in [2.75, 3.05) is 38.3 Å². The quantitative estimate of drug-likeness (QED) is 0.780. The summed E-state index contributed by atoms with van der Waals surface area (Å²) in [6.07, 6.45) is 4.95. The largest absolute Gasteiger partial charge is 0.493 e. The fourth-order valence-corrected chi connectivity index (χ4v) is 3.18. The van der Waals surface area contributed by atoms with E-state index in [0.717, 1.165) is 25.9 Å². The molecule has 1 aromatic carbocycles. The Labute approximate surface area is 164 Å². The zero-order valence-corrected chi connectivity index (χ0v) is 15.8. The molecule has 1 aliphatic heterocycles. The number of anilines is 1. The second kappa shape index (κ2) is 9.55. The molecule has 1 amide bonds. The maximum atomic E-state index is 12.1. The van der Waals surface area contributed by atoms with Gasteiger partial charge >= 0.3 is 0 Å². The second-order valence-electron chi connectivity index (χ2n) is 6.51. The van der Waals surface area contributed by atoms with Crippen LogP contribution in [0.3, 0.4) is 0 Å². The number of hydrogen-bond acceptors (Lipinski definition) is 7. The van der Waals surface area contributed by atoms with Gasteiger partial charge in [0.2, 0.25) is 0 Å². The van der Waals surface area contributed by atoms with E-state index >= 15 is 0 Å². The van der Waals surface area contributed by atoms with E-state index in [1.54, 1.807) is 25.4 Å². The van der Waals surface area contributed by atoms with Gasteiger partial charge in [-0.1, -0.05) is 12.1 Å². The highest BCUT2D eigenvalue weighted by molar-refractivity contribution is 5.77. The first kappa shape index (κ1) is 19.4. The third kappa shape index (κ3) is 4.88. The minimum absolute atomic E-state index is 0.0512. The minimum Gasteiger partial charge on any atom is -0.493 e. The molecule has 2 aromatic rings. The summed E-state index contributed by atoms with van der Waals surface area (Å²) in [6.45, 7) is 2.12. The van der Waals surface area contributed by atoms with Crippen LogP contribution in [0.4, 0.5) is 5.82 Å². The highest BCUT2D eigenvalue weighted by Gasteiger charge is 2.22. The van der Waals surface area contributed by atoms with Crippen LogP contribution in [0.15, 0.2) is 36.7 Å². The summed E-state index contributed by atoms with van der Waals surface area (Å²) in [4.78, 5) is 22.5. The van der Waals surface area contributed by atoms with Crippen molar-refractivity contribution in [3.63, 3.8) is 0 Å². The number of benzene rings is 1. The molecular formula is C20H23N5O3. The van der Waals surface area contributed by atoms with Crippen molar-refractivity contribution in [3.05, 3.63) is 42.4 Å². The lowest BCUT2D eigenvalue weighted by atomic mass is 9.96. The van der Waals surface area contributed by atoms with Crippen LogP contribution < -0.4 is 19.7 Å². The fourth-order valence-electron chi connectivity index (χ4n) is 3.18. The predicted molar refractivity (Wildman–Crippen MR) is 103 cm³/mol. The number of piperidine rings is 1. The highest BCUT2D eigenvalue weighted by Crippen LogP contribution is 2.25. The SMILES string of the molecule is COc1ccccc1OCC(=O)NCC1CCN(c2nccnc2C#N)CC1. The third-order valence-corrected chi connectivity index (χ3v) is 4.71. The molecule has 1 saturated heterocycles. The zero-order chi connectivity index (χ0) is 19.8. The lowest BCUT2D eigenvalue weighted by Gasteiger charge is -2.32. The molecule has 0 saturated carbocycles. The maximum Gasteiger partial charge on any atom is 0.257 e. The average Bonchev–Trinajstić information content (AvgIpc) is 2.76. The number of amides is 1. The number of ether oxygens (including phenoxy) is 2. The molecule has 3 rings (SSSR count). The molecule has 2 heterocycles. The Balaban J connectivity index is 1.42. The summed E-state index contributed by atoms with van der Waals surface area (Å²) >= 11 is 0. The van der Waals surface area contributed by atoms with Crippen molar-refractivity contribution in [1.29, 1.82) is 5.26 Å². The Morgan fingerprint density at radius 1 is 1.25 bits per heavy atom. The molecule has 28 heavy (non-hydrogen) atoms. The molecule has 0 bridgehead atoms. The van der Waals surface area contributed by atoms with E-state index in [-0.39, 0.29) is 12.5 Å². The summed E-state index contributed by atoms with van der Waals surface area (Å²) in [6, 6.07) is 9.32. The zero-order valence-electron chi connectivity index (χ0n) is 15.8. The molecule has 1 fully saturated rings. The molecule has 8 nitrogen and oxygen atoms in total. The van der Waals surface area contributed by atoms with Crippen LogP contribution in [-0.2, 0) is 4.79 Å². The molecule has 1 N–H and O–H groups in total. The van der Waals surface area contributed by atoms with E-state index < -0.39 is 0 Å². The number of nitriles is 1.